The summed E-state index contributed by atoms with van der Waals surface area (Å²) in [5.74, 6) is 0. The van der Waals surface area contributed by atoms with Gasteiger partial charge < -0.3 is 0 Å². The highest BCUT2D eigenvalue weighted by atomic mass is 16.6. The lowest BCUT2D eigenvalue weighted by Gasteiger charge is -2.01. The minimum Gasteiger partial charge on any atom is -0.258 e. The number of rotatable bonds is 6. The van der Waals surface area contributed by atoms with Gasteiger partial charge in [0.15, 0.2) is 0 Å². The molecule has 8 nitrogen and oxygen atoms in total. The molecule has 0 amide bonds. The van der Waals surface area contributed by atoms with Crippen LogP contribution in [-0.4, -0.2) is 9.85 Å². The third-order valence-electron chi connectivity index (χ3n) is 4.53. The van der Waals surface area contributed by atoms with Crippen molar-refractivity contribution < 1.29 is 9.85 Å². The number of nitro groups is 2. The van der Waals surface area contributed by atoms with E-state index in [1.807, 2.05) is 30.3 Å². The molecule has 154 valence electrons. The molecule has 0 radical (unpaired) electrons. The summed E-state index contributed by atoms with van der Waals surface area (Å²) >= 11 is 0. The van der Waals surface area contributed by atoms with E-state index in [9.17, 15) is 20.2 Å². The molecule has 0 aliphatic heterocycles. The molecule has 0 saturated heterocycles. The van der Waals surface area contributed by atoms with Crippen LogP contribution in [0.1, 0.15) is 33.4 Å². The minimum atomic E-state index is -0.538. The van der Waals surface area contributed by atoms with Gasteiger partial charge in [-0.25, -0.2) is 0 Å². The van der Waals surface area contributed by atoms with E-state index in [-0.39, 0.29) is 22.5 Å². The zero-order valence-electron chi connectivity index (χ0n) is 16.5. The van der Waals surface area contributed by atoms with Gasteiger partial charge in [0.05, 0.1) is 44.2 Å². The van der Waals surface area contributed by atoms with Crippen molar-refractivity contribution in [2.45, 2.75) is 0 Å². The van der Waals surface area contributed by atoms with E-state index in [0.717, 1.165) is 11.1 Å². The van der Waals surface area contributed by atoms with Gasteiger partial charge in [-0.3, -0.25) is 20.2 Å². The smallest absolute Gasteiger partial charge is 0.258 e. The van der Waals surface area contributed by atoms with Crippen LogP contribution in [0.15, 0.2) is 60.7 Å². The molecule has 0 spiro atoms. The lowest BCUT2D eigenvalue weighted by atomic mass is 10.0. The highest BCUT2D eigenvalue weighted by Crippen LogP contribution is 2.24. The molecule has 3 aromatic carbocycles. The van der Waals surface area contributed by atoms with Gasteiger partial charge in [-0.15, -0.1) is 0 Å². The molecule has 0 saturated carbocycles. The predicted molar refractivity (Wildman–Crippen MR) is 120 cm³/mol. The number of nitro benzene ring substituents is 2. The van der Waals surface area contributed by atoms with Gasteiger partial charge in [-0.05, 0) is 53.6 Å². The lowest BCUT2D eigenvalue weighted by Crippen LogP contribution is -1.92. The highest BCUT2D eigenvalue weighted by molar-refractivity contribution is 5.78. The van der Waals surface area contributed by atoms with Gasteiger partial charge in [-0.2, -0.15) is 10.5 Å². The van der Waals surface area contributed by atoms with Crippen LogP contribution in [0.3, 0.4) is 0 Å². The van der Waals surface area contributed by atoms with Gasteiger partial charge in [0.1, 0.15) is 0 Å². The Balaban J connectivity index is 1.88. The third kappa shape index (κ3) is 5.09. The van der Waals surface area contributed by atoms with Crippen LogP contribution in [0.2, 0.25) is 0 Å². The molecule has 0 aliphatic carbocycles. The van der Waals surface area contributed by atoms with E-state index in [0.29, 0.717) is 11.1 Å². The van der Waals surface area contributed by atoms with E-state index < -0.39 is 9.85 Å². The van der Waals surface area contributed by atoms with Gasteiger partial charge in [0.25, 0.3) is 11.4 Å². The summed E-state index contributed by atoms with van der Waals surface area (Å²) < 4.78 is 0. The number of nitriles is 2. The fraction of sp³-hybridized carbons (Fsp3) is 0. The molecule has 0 N–H and O–H groups in total. The van der Waals surface area contributed by atoms with Gasteiger partial charge in [-0.1, -0.05) is 30.4 Å². The van der Waals surface area contributed by atoms with Crippen molar-refractivity contribution in [3.8, 4) is 12.1 Å². The minimum absolute atomic E-state index is 0.163. The standard InChI is InChI=1S/C24H14N4O4/c25-15-19-6-10-21(23(13-19)27(29)30)8-4-17-2-1-3-18(12-17)5-9-22-11-7-20(16-26)14-24(22)28(31)32/h1-14H/b8-4-,9-5-. The Bertz CT molecular complexity index is 1260. The molecule has 8 heteroatoms. The first-order chi connectivity index (χ1) is 15.4. The van der Waals surface area contributed by atoms with Crippen LogP contribution in [-0.2, 0) is 0 Å². The Morgan fingerprint density at radius 3 is 1.47 bits per heavy atom. The third-order valence-corrected chi connectivity index (χ3v) is 4.53. The molecular formula is C24H14N4O4. The molecule has 0 atom stereocenters. The Morgan fingerprint density at radius 2 is 1.09 bits per heavy atom. The van der Waals surface area contributed by atoms with Gasteiger partial charge in [0.2, 0.25) is 0 Å². The summed E-state index contributed by atoms with van der Waals surface area (Å²) in [7, 11) is 0. The maximum Gasteiger partial charge on any atom is 0.277 e. The second-order valence-corrected chi connectivity index (χ2v) is 6.62. The summed E-state index contributed by atoms with van der Waals surface area (Å²) in [6.45, 7) is 0. The van der Waals surface area contributed by atoms with E-state index in [1.54, 1.807) is 30.4 Å². The van der Waals surface area contributed by atoms with Crippen molar-refractivity contribution >= 4 is 35.7 Å². The monoisotopic (exact) mass is 422 g/mol. The van der Waals surface area contributed by atoms with E-state index >= 15 is 0 Å². The maximum absolute atomic E-state index is 11.3. The molecule has 0 fully saturated rings. The highest BCUT2D eigenvalue weighted by Gasteiger charge is 2.13. The predicted octanol–water partition coefficient (Wildman–Crippen LogP) is 5.59. The number of benzene rings is 3. The van der Waals surface area contributed by atoms with Gasteiger partial charge in [0, 0.05) is 12.1 Å². The zero-order chi connectivity index (χ0) is 23.1. The molecular weight excluding hydrogens is 408 g/mol. The molecule has 32 heavy (non-hydrogen) atoms. The van der Waals surface area contributed by atoms with Crippen molar-refractivity contribution in [2.24, 2.45) is 0 Å². The number of nitrogens with zero attached hydrogens (tertiary/aromatic N) is 4. The topological polar surface area (TPSA) is 134 Å². The van der Waals surface area contributed by atoms with Crippen LogP contribution in [0.4, 0.5) is 11.4 Å². The summed E-state index contributed by atoms with van der Waals surface area (Å²) in [6, 6.07) is 19.5. The molecule has 0 bridgehead atoms. The summed E-state index contributed by atoms with van der Waals surface area (Å²) in [5.41, 5.74) is 2.34. The SMILES string of the molecule is N#Cc1ccc(/C=C\c2cccc(/C=C\c3ccc(C#N)cc3[N+](=O)[O-])c2)c([N+](=O)[O-])c1. The van der Waals surface area contributed by atoms with Crippen LogP contribution in [0.25, 0.3) is 24.3 Å². The summed E-state index contributed by atoms with van der Waals surface area (Å²) in [6.07, 6.45) is 6.59. The van der Waals surface area contributed by atoms with Gasteiger partial charge >= 0.3 is 0 Å². The van der Waals surface area contributed by atoms with Crippen LogP contribution in [0.5, 0.6) is 0 Å². The Hall–Kier alpha value is -5.08. The van der Waals surface area contributed by atoms with Crippen molar-refractivity contribution in [1.29, 1.82) is 10.5 Å². The second kappa shape index (κ2) is 9.61. The maximum atomic E-state index is 11.3. The van der Waals surface area contributed by atoms with Crippen molar-refractivity contribution in [2.75, 3.05) is 0 Å². The molecule has 0 aromatic heterocycles. The molecule has 0 aliphatic rings. The fourth-order valence-electron chi connectivity index (χ4n) is 2.96. The average molecular weight is 422 g/mol. The number of hydrogen-bond acceptors (Lipinski definition) is 6. The number of hydrogen-bond donors (Lipinski definition) is 0. The van der Waals surface area contributed by atoms with Crippen LogP contribution < -0.4 is 0 Å². The normalized spacial score (nSPS) is 10.7. The zero-order valence-corrected chi connectivity index (χ0v) is 16.5. The Labute approximate surface area is 182 Å². The van der Waals surface area contributed by atoms with Crippen molar-refractivity contribution in [3.63, 3.8) is 0 Å². The quantitative estimate of drug-likeness (QED) is 0.289. The van der Waals surface area contributed by atoms with Crippen molar-refractivity contribution in [1.82, 2.24) is 0 Å². The first-order valence-electron chi connectivity index (χ1n) is 9.24. The van der Waals surface area contributed by atoms with E-state index in [4.69, 9.17) is 10.5 Å². The fourth-order valence-corrected chi connectivity index (χ4v) is 2.96. The second-order valence-electron chi connectivity index (χ2n) is 6.62. The average Bonchev–Trinajstić information content (AvgIpc) is 2.81. The molecule has 3 rings (SSSR count). The van der Waals surface area contributed by atoms with E-state index in [1.165, 1.54) is 36.4 Å². The summed E-state index contributed by atoms with van der Waals surface area (Å²) in [4.78, 5) is 21.5. The Kier molecular flexibility index (Phi) is 6.50. The Morgan fingerprint density at radius 1 is 0.656 bits per heavy atom. The molecule has 0 unspecified atom stereocenters. The van der Waals surface area contributed by atoms with Crippen LogP contribution in [0, 0.1) is 42.9 Å². The largest absolute Gasteiger partial charge is 0.277 e. The first-order valence-corrected chi connectivity index (χ1v) is 9.24. The molecule has 3 aromatic rings. The van der Waals surface area contributed by atoms with Crippen molar-refractivity contribution in [3.05, 3.63) is 114 Å². The van der Waals surface area contributed by atoms with E-state index in [2.05, 4.69) is 0 Å². The summed E-state index contributed by atoms with van der Waals surface area (Å²) in [5, 5.41) is 40.4. The lowest BCUT2D eigenvalue weighted by molar-refractivity contribution is -0.385. The first kappa shape index (κ1) is 21.6. The van der Waals surface area contributed by atoms with Crippen LogP contribution >= 0.6 is 0 Å². The molecule has 0 heterocycles.